The second kappa shape index (κ2) is 3.45. The first kappa shape index (κ1) is 10.1. The normalized spacial score (nSPS) is 11.2. The zero-order valence-electron chi connectivity index (χ0n) is 10.2. The van der Waals surface area contributed by atoms with E-state index < -0.39 is 0 Å². The number of rotatable bonds is 1. The van der Waals surface area contributed by atoms with Gasteiger partial charge in [-0.25, -0.2) is 4.98 Å². The Labute approximate surface area is 99.5 Å². The van der Waals surface area contributed by atoms with E-state index in [0.717, 1.165) is 22.6 Å². The van der Waals surface area contributed by atoms with Gasteiger partial charge in [0.2, 0.25) is 0 Å². The highest BCUT2D eigenvalue weighted by molar-refractivity contribution is 5.64. The third-order valence-corrected chi connectivity index (χ3v) is 2.99. The van der Waals surface area contributed by atoms with Crippen molar-refractivity contribution >= 4 is 5.65 Å². The SMILES string of the molecule is Cc1nn(C)cc1-c1cn2c(C)cccc2n1. The fourth-order valence-corrected chi connectivity index (χ4v) is 2.13. The maximum absolute atomic E-state index is 4.63. The largest absolute Gasteiger partial charge is 0.304 e. The van der Waals surface area contributed by atoms with E-state index >= 15 is 0 Å². The predicted octanol–water partition coefficient (Wildman–Crippen LogP) is 2.35. The molecule has 0 atom stereocenters. The zero-order chi connectivity index (χ0) is 12.0. The molecule has 0 amide bonds. The molecule has 0 spiro atoms. The second-order valence-corrected chi connectivity index (χ2v) is 4.32. The maximum Gasteiger partial charge on any atom is 0.137 e. The van der Waals surface area contributed by atoms with Crippen LogP contribution in [0.5, 0.6) is 0 Å². The van der Waals surface area contributed by atoms with E-state index in [1.165, 1.54) is 5.69 Å². The summed E-state index contributed by atoms with van der Waals surface area (Å²) in [6, 6.07) is 6.12. The lowest BCUT2D eigenvalue weighted by atomic mass is 10.2. The molecule has 0 aromatic carbocycles. The molecule has 0 fully saturated rings. The summed E-state index contributed by atoms with van der Waals surface area (Å²) in [4.78, 5) is 4.63. The molecule has 0 saturated heterocycles. The number of hydrogen-bond donors (Lipinski definition) is 0. The van der Waals surface area contributed by atoms with Crippen molar-refractivity contribution in [1.29, 1.82) is 0 Å². The van der Waals surface area contributed by atoms with Crippen molar-refractivity contribution < 1.29 is 0 Å². The lowest BCUT2D eigenvalue weighted by Gasteiger charge is -1.95. The molecule has 0 bridgehead atoms. The van der Waals surface area contributed by atoms with E-state index in [9.17, 15) is 0 Å². The van der Waals surface area contributed by atoms with Gasteiger partial charge in [0.1, 0.15) is 5.65 Å². The van der Waals surface area contributed by atoms with Crippen LogP contribution in [0.2, 0.25) is 0 Å². The monoisotopic (exact) mass is 226 g/mol. The van der Waals surface area contributed by atoms with Gasteiger partial charge in [-0.05, 0) is 26.0 Å². The van der Waals surface area contributed by atoms with Crippen LogP contribution in [0.3, 0.4) is 0 Å². The lowest BCUT2D eigenvalue weighted by molar-refractivity contribution is 0.756. The van der Waals surface area contributed by atoms with Gasteiger partial charge in [0.05, 0.1) is 11.4 Å². The Hall–Kier alpha value is -2.10. The number of hydrogen-bond acceptors (Lipinski definition) is 2. The van der Waals surface area contributed by atoms with Crippen LogP contribution in [0, 0.1) is 13.8 Å². The molecule has 3 aromatic heterocycles. The van der Waals surface area contributed by atoms with E-state index in [1.54, 1.807) is 0 Å². The molecule has 0 aliphatic heterocycles. The van der Waals surface area contributed by atoms with Gasteiger partial charge < -0.3 is 4.40 Å². The van der Waals surface area contributed by atoms with Crippen LogP contribution in [0.1, 0.15) is 11.4 Å². The minimum absolute atomic E-state index is 0.975. The minimum Gasteiger partial charge on any atom is -0.304 e. The van der Waals surface area contributed by atoms with E-state index in [0.29, 0.717) is 0 Å². The first-order valence-electron chi connectivity index (χ1n) is 5.60. The van der Waals surface area contributed by atoms with Gasteiger partial charge in [0, 0.05) is 30.7 Å². The van der Waals surface area contributed by atoms with Crippen molar-refractivity contribution in [2.24, 2.45) is 7.05 Å². The average Bonchev–Trinajstić information content (AvgIpc) is 2.82. The van der Waals surface area contributed by atoms with Crippen molar-refractivity contribution in [2.75, 3.05) is 0 Å². The summed E-state index contributed by atoms with van der Waals surface area (Å²) in [7, 11) is 1.93. The van der Waals surface area contributed by atoms with Crippen molar-refractivity contribution in [3.05, 3.63) is 42.0 Å². The van der Waals surface area contributed by atoms with E-state index in [4.69, 9.17) is 0 Å². The molecule has 0 aliphatic carbocycles. The van der Waals surface area contributed by atoms with Gasteiger partial charge in [-0.3, -0.25) is 4.68 Å². The molecule has 3 heterocycles. The summed E-state index contributed by atoms with van der Waals surface area (Å²) in [6.45, 7) is 4.08. The van der Waals surface area contributed by atoms with E-state index in [1.807, 2.05) is 37.0 Å². The number of imidazole rings is 1. The Kier molecular flexibility index (Phi) is 2.04. The number of fused-ring (bicyclic) bond motifs is 1. The summed E-state index contributed by atoms with van der Waals surface area (Å²) in [6.07, 6.45) is 4.07. The number of aryl methyl sites for hydroxylation is 3. The topological polar surface area (TPSA) is 35.1 Å². The van der Waals surface area contributed by atoms with Crippen molar-refractivity contribution in [3.8, 4) is 11.3 Å². The minimum atomic E-state index is 0.975. The van der Waals surface area contributed by atoms with Crippen molar-refractivity contribution in [1.82, 2.24) is 19.2 Å². The number of nitrogens with zero attached hydrogens (tertiary/aromatic N) is 4. The van der Waals surface area contributed by atoms with Gasteiger partial charge >= 0.3 is 0 Å². The van der Waals surface area contributed by atoms with Crippen LogP contribution >= 0.6 is 0 Å². The van der Waals surface area contributed by atoms with Crippen LogP contribution in [0.15, 0.2) is 30.6 Å². The number of aromatic nitrogens is 4. The highest BCUT2D eigenvalue weighted by Crippen LogP contribution is 2.22. The molecule has 3 rings (SSSR count). The van der Waals surface area contributed by atoms with Crippen molar-refractivity contribution in [3.63, 3.8) is 0 Å². The van der Waals surface area contributed by atoms with Crippen LogP contribution < -0.4 is 0 Å². The lowest BCUT2D eigenvalue weighted by Crippen LogP contribution is -1.86. The molecule has 86 valence electrons. The molecule has 0 N–H and O–H groups in total. The highest BCUT2D eigenvalue weighted by atomic mass is 15.3. The predicted molar refractivity (Wildman–Crippen MR) is 66.9 cm³/mol. The summed E-state index contributed by atoms with van der Waals surface area (Å²) < 4.78 is 3.92. The molecule has 0 unspecified atom stereocenters. The highest BCUT2D eigenvalue weighted by Gasteiger charge is 2.10. The van der Waals surface area contributed by atoms with Gasteiger partial charge in [-0.2, -0.15) is 5.10 Å². The number of pyridine rings is 1. The van der Waals surface area contributed by atoms with Crippen LogP contribution in [0.25, 0.3) is 16.9 Å². The molecular weight excluding hydrogens is 212 g/mol. The van der Waals surface area contributed by atoms with Gasteiger partial charge in [-0.1, -0.05) is 6.07 Å². The third-order valence-electron chi connectivity index (χ3n) is 2.99. The fourth-order valence-electron chi connectivity index (χ4n) is 2.13. The molecule has 3 aromatic rings. The quantitative estimate of drug-likeness (QED) is 0.638. The van der Waals surface area contributed by atoms with E-state index in [2.05, 4.69) is 33.7 Å². The summed E-state index contributed by atoms with van der Waals surface area (Å²) >= 11 is 0. The van der Waals surface area contributed by atoms with E-state index in [-0.39, 0.29) is 0 Å². The molecule has 4 nitrogen and oxygen atoms in total. The van der Waals surface area contributed by atoms with Crippen LogP contribution in [-0.2, 0) is 7.05 Å². The first-order valence-corrected chi connectivity index (χ1v) is 5.60. The standard InChI is InChI=1S/C13H14N4/c1-9-5-4-6-13-14-12(8-17(9)13)11-7-16(3)15-10(11)2/h4-8H,1-3H3. The third kappa shape index (κ3) is 1.53. The molecule has 17 heavy (non-hydrogen) atoms. The Morgan fingerprint density at radius 2 is 1.94 bits per heavy atom. The summed E-state index contributed by atoms with van der Waals surface area (Å²) in [5, 5.41) is 4.35. The van der Waals surface area contributed by atoms with Gasteiger partial charge in [0.15, 0.2) is 0 Å². The fraction of sp³-hybridized carbons (Fsp3) is 0.231. The molecule has 0 radical (unpaired) electrons. The average molecular weight is 226 g/mol. The maximum atomic E-state index is 4.63. The van der Waals surface area contributed by atoms with Crippen LogP contribution in [-0.4, -0.2) is 19.2 Å². The smallest absolute Gasteiger partial charge is 0.137 e. The second-order valence-electron chi connectivity index (χ2n) is 4.32. The zero-order valence-corrected chi connectivity index (χ0v) is 10.2. The first-order chi connectivity index (χ1) is 8.15. The van der Waals surface area contributed by atoms with Gasteiger partial charge in [0.25, 0.3) is 0 Å². The molecular formula is C13H14N4. The Balaban J connectivity index is 2.25. The van der Waals surface area contributed by atoms with Crippen LogP contribution in [0.4, 0.5) is 0 Å². The Bertz CT molecular complexity index is 691. The van der Waals surface area contributed by atoms with Gasteiger partial charge in [-0.15, -0.1) is 0 Å². The Morgan fingerprint density at radius 1 is 1.12 bits per heavy atom. The molecule has 0 saturated carbocycles. The summed E-state index contributed by atoms with van der Waals surface area (Å²) in [5.41, 5.74) is 5.24. The molecule has 4 heteroatoms. The summed E-state index contributed by atoms with van der Waals surface area (Å²) in [5.74, 6) is 0. The Morgan fingerprint density at radius 3 is 2.59 bits per heavy atom. The molecule has 0 aliphatic rings. The van der Waals surface area contributed by atoms with Crippen molar-refractivity contribution in [2.45, 2.75) is 13.8 Å².